The molecule has 8 heteroatoms. The summed E-state index contributed by atoms with van der Waals surface area (Å²) in [5.74, 6) is -4.10. The number of aliphatic carboxylic acids is 1. The van der Waals surface area contributed by atoms with E-state index in [1.807, 2.05) is 0 Å². The van der Waals surface area contributed by atoms with E-state index in [0.717, 1.165) is 6.92 Å². The zero-order valence-corrected chi connectivity index (χ0v) is 14.7. The van der Waals surface area contributed by atoms with Crippen molar-refractivity contribution in [2.24, 2.45) is 16.9 Å². The first-order chi connectivity index (χ1) is 11.3. The lowest BCUT2D eigenvalue weighted by Crippen LogP contribution is -2.72. The fraction of sp³-hybridized carbons (Fsp3) is 0.471. The van der Waals surface area contributed by atoms with Crippen molar-refractivity contribution in [3.05, 3.63) is 35.9 Å². The molecule has 0 radical (unpaired) electrons. The van der Waals surface area contributed by atoms with Crippen LogP contribution in [0.15, 0.2) is 30.3 Å². The largest absolute Gasteiger partial charge is 0.479 e. The van der Waals surface area contributed by atoms with E-state index < -0.39 is 34.6 Å². The van der Waals surface area contributed by atoms with Crippen molar-refractivity contribution in [3.63, 3.8) is 0 Å². The maximum atomic E-state index is 12.6. The first-order valence-corrected chi connectivity index (χ1v) is 7.58. The van der Waals surface area contributed by atoms with Crippen LogP contribution in [0.2, 0.25) is 0 Å². The number of nitrogens with two attached hydrogens (primary N) is 2. The molecule has 8 nitrogen and oxygen atoms in total. The summed E-state index contributed by atoms with van der Waals surface area (Å²) in [6.07, 6.45) is 0. The molecule has 5 N–H and O–H groups in total. The highest BCUT2D eigenvalue weighted by Crippen LogP contribution is 2.32. The minimum Gasteiger partial charge on any atom is -0.479 e. The molecule has 0 heterocycles. The van der Waals surface area contributed by atoms with E-state index in [9.17, 15) is 19.5 Å². The molecule has 1 rings (SSSR count). The van der Waals surface area contributed by atoms with Crippen LogP contribution in [0, 0.1) is 5.41 Å². The van der Waals surface area contributed by atoms with Crippen molar-refractivity contribution in [1.82, 2.24) is 0 Å². The van der Waals surface area contributed by atoms with E-state index >= 15 is 0 Å². The third-order valence-electron chi connectivity index (χ3n) is 3.61. The van der Waals surface area contributed by atoms with Gasteiger partial charge in [0, 0.05) is 0 Å². The molecule has 0 aliphatic heterocycles. The second-order valence-corrected chi connectivity index (χ2v) is 6.86. The van der Waals surface area contributed by atoms with E-state index in [4.69, 9.17) is 20.9 Å². The van der Waals surface area contributed by atoms with Gasteiger partial charge in [-0.15, -0.1) is 0 Å². The fourth-order valence-corrected chi connectivity index (χ4v) is 1.88. The standard InChI is InChI=1S/C17H24N2O6/c1-15(2,3)25-14(23)16(4,17(18,19)12(20)21)13(22)24-10-11-8-6-5-7-9-11/h5-9H,10,18-19H2,1-4H3,(H,20,21). The minimum absolute atomic E-state index is 0.173. The van der Waals surface area contributed by atoms with Gasteiger partial charge >= 0.3 is 17.9 Å². The summed E-state index contributed by atoms with van der Waals surface area (Å²) in [5, 5.41) is 9.29. The fourth-order valence-electron chi connectivity index (χ4n) is 1.88. The highest BCUT2D eigenvalue weighted by Gasteiger charge is 2.62. The predicted molar refractivity (Wildman–Crippen MR) is 88.9 cm³/mol. The van der Waals surface area contributed by atoms with Crippen LogP contribution in [0.25, 0.3) is 0 Å². The van der Waals surface area contributed by atoms with Crippen molar-refractivity contribution in [2.75, 3.05) is 0 Å². The number of benzene rings is 1. The molecule has 0 aliphatic rings. The molecule has 1 unspecified atom stereocenters. The number of esters is 2. The molecule has 0 aliphatic carbocycles. The van der Waals surface area contributed by atoms with Crippen LogP contribution in [-0.4, -0.2) is 34.3 Å². The lowest BCUT2D eigenvalue weighted by atomic mass is 9.77. The molecule has 0 aromatic heterocycles. The summed E-state index contributed by atoms with van der Waals surface area (Å²) >= 11 is 0. The average molecular weight is 352 g/mol. The van der Waals surface area contributed by atoms with Crippen LogP contribution < -0.4 is 11.5 Å². The van der Waals surface area contributed by atoms with Crippen LogP contribution in [0.3, 0.4) is 0 Å². The summed E-state index contributed by atoms with van der Waals surface area (Å²) < 4.78 is 10.3. The Hall–Kier alpha value is -2.45. The molecule has 0 spiro atoms. The number of carboxylic acid groups (broad SMARTS) is 1. The van der Waals surface area contributed by atoms with Crippen molar-refractivity contribution < 1.29 is 29.0 Å². The molecule has 0 bridgehead atoms. The summed E-state index contributed by atoms with van der Waals surface area (Å²) in [4.78, 5) is 36.6. The third-order valence-corrected chi connectivity index (χ3v) is 3.61. The van der Waals surface area contributed by atoms with Gasteiger partial charge in [0.1, 0.15) is 12.2 Å². The minimum atomic E-state index is -2.72. The van der Waals surface area contributed by atoms with Gasteiger partial charge in [-0.05, 0) is 33.3 Å². The number of carbonyl (C=O) groups excluding carboxylic acids is 2. The summed E-state index contributed by atoms with van der Waals surface area (Å²) in [6.45, 7) is 5.53. The molecule has 0 amide bonds. The summed E-state index contributed by atoms with van der Waals surface area (Å²) in [6, 6.07) is 8.67. The molecular formula is C17H24N2O6. The lowest BCUT2D eigenvalue weighted by Gasteiger charge is -2.37. The average Bonchev–Trinajstić information content (AvgIpc) is 2.50. The van der Waals surface area contributed by atoms with Gasteiger partial charge < -0.3 is 26.0 Å². The van der Waals surface area contributed by atoms with Crippen LogP contribution in [-0.2, 0) is 30.5 Å². The van der Waals surface area contributed by atoms with Crippen LogP contribution in [0.4, 0.5) is 0 Å². The number of ether oxygens (including phenoxy) is 2. The number of hydrogen-bond donors (Lipinski definition) is 3. The molecule has 1 aromatic carbocycles. The number of rotatable bonds is 6. The van der Waals surface area contributed by atoms with Gasteiger partial charge in [-0.3, -0.25) is 9.59 Å². The molecule has 25 heavy (non-hydrogen) atoms. The first-order valence-electron chi connectivity index (χ1n) is 7.58. The molecule has 1 aromatic rings. The summed E-state index contributed by atoms with van der Waals surface area (Å²) in [7, 11) is 0. The zero-order valence-electron chi connectivity index (χ0n) is 14.7. The Balaban J connectivity index is 3.15. The van der Waals surface area contributed by atoms with E-state index in [-0.39, 0.29) is 6.61 Å². The second-order valence-electron chi connectivity index (χ2n) is 6.86. The van der Waals surface area contributed by atoms with Crippen molar-refractivity contribution in [3.8, 4) is 0 Å². The van der Waals surface area contributed by atoms with Gasteiger partial charge in [0.25, 0.3) is 0 Å². The van der Waals surface area contributed by atoms with Crippen LogP contribution in [0.1, 0.15) is 33.3 Å². The highest BCUT2D eigenvalue weighted by molar-refractivity contribution is 6.06. The maximum Gasteiger partial charge on any atom is 0.340 e. The lowest BCUT2D eigenvalue weighted by molar-refractivity contribution is -0.189. The highest BCUT2D eigenvalue weighted by atomic mass is 16.6. The Labute approximate surface area is 146 Å². The molecule has 0 saturated carbocycles. The van der Waals surface area contributed by atoms with Crippen molar-refractivity contribution in [1.29, 1.82) is 0 Å². The molecule has 0 fully saturated rings. The molecule has 0 saturated heterocycles. The predicted octanol–water partition coefficient (Wildman–Crippen LogP) is 0.776. The van der Waals surface area contributed by atoms with Crippen LogP contribution in [0.5, 0.6) is 0 Å². The van der Waals surface area contributed by atoms with E-state index in [0.29, 0.717) is 5.56 Å². The quantitative estimate of drug-likeness (QED) is 0.387. The SMILES string of the molecule is CC(C)(C)OC(=O)C(C)(C(=O)OCc1ccccc1)C(N)(N)C(=O)O. The first kappa shape index (κ1) is 20.6. The molecular weight excluding hydrogens is 328 g/mol. The number of hydrogen-bond acceptors (Lipinski definition) is 7. The van der Waals surface area contributed by atoms with E-state index in [1.54, 1.807) is 51.1 Å². The van der Waals surface area contributed by atoms with Gasteiger partial charge in [-0.2, -0.15) is 0 Å². The van der Waals surface area contributed by atoms with E-state index in [2.05, 4.69) is 0 Å². The maximum absolute atomic E-state index is 12.6. The van der Waals surface area contributed by atoms with Crippen molar-refractivity contribution >= 4 is 17.9 Å². The van der Waals surface area contributed by atoms with Gasteiger partial charge in [0.2, 0.25) is 5.41 Å². The Kier molecular flexibility index (Phi) is 5.93. The normalized spacial score (nSPS) is 14.3. The van der Waals surface area contributed by atoms with E-state index in [1.165, 1.54) is 0 Å². The topological polar surface area (TPSA) is 142 Å². The second kappa shape index (κ2) is 7.20. The Morgan fingerprint density at radius 3 is 1.96 bits per heavy atom. The third kappa shape index (κ3) is 4.55. The monoisotopic (exact) mass is 352 g/mol. The van der Waals surface area contributed by atoms with Gasteiger partial charge in [0.05, 0.1) is 0 Å². The molecule has 138 valence electrons. The zero-order chi connectivity index (χ0) is 19.5. The van der Waals surface area contributed by atoms with Gasteiger partial charge in [-0.1, -0.05) is 30.3 Å². The molecule has 1 atom stereocenters. The van der Waals surface area contributed by atoms with Crippen molar-refractivity contribution in [2.45, 2.75) is 45.6 Å². The number of carboxylic acids is 1. The van der Waals surface area contributed by atoms with Gasteiger partial charge in [-0.25, -0.2) is 4.79 Å². The van der Waals surface area contributed by atoms with Crippen LogP contribution >= 0.6 is 0 Å². The Morgan fingerprint density at radius 1 is 1.00 bits per heavy atom. The Morgan fingerprint density at radius 2 is 1.52 bits per heavy atom. The Bertz CT molecular complexity index is 651. The smallest absolute Gasteiger partial charge is 0.340 e. The summed E-state index contributed by atoms with van der Waals surface area (Å²) in [5.41, 5.74) is 5.72. The number of carbonyl (C=O) groups is 3. The van der Waals surface area contributed by atoms with Gasteiger partial charge in [0.15, 0.2) is 5.66 Å².